The second kappa shape index (κ2) is 7.63. The second-order valence-corrected chi connectivity index (χ2v) is 12.0. The van der Waals surface area contributed by atoms with Crippen LogP contribution in [0.3, 0.4) is 0 Å². The zero-order valence-corrected chi connectivity index (χ0v) is 15.6. The Labute approximate surface area is 134 Å². The van der Waals surface area contributed by atoms with E-state index in [1.54, 1.807) is 6.07 Å². The van der Waals surface area contributed by atoms with Crippen LogP contribution < -0.4 is 5.73 Å². The molecule has 120 valence electrons. The summed E-state index contributed by atoms with van der Waals surface area (Å²) in [5, 5.41) is 0.945. The van der Waals surface area contributed by atoms with Gasteiger partial charge in [0.2, 0.25) is 0 Å². The van der Waals surface area contributed by atoms with Crippen molar-refractivity contribution in [2.75, 3.05) is 25.6 Å². The number of nitrogens with two attached hydrogens (primary N) is 1. The van der Waals surface area contributed by atoms with Crippen molar-refractivity contribution in [3.8, 4) is 0 Å². The van der Waals surface area contributed by atoms with E-state index in [0.717, 1.165) is 12.0 Å². The molecule has 0 bridgehead atoms. The minimum atomic E-state index is -1.66. The zero-order valence-electron chi connectivity index (χ0n) is 13.8. The lowest BCUT2D eigenvalue weighted by atomic mass is 10.1. The van der Waals surface area contributed by atoms with Gasteiger partial charge in [-0.2, -0.15) is 0 Å². The zero-order chi connectivity index (χ0) is 16.1. The lowest BCUT2D eigenvalue weighted by molar-refractivity contribution is 0.0975. The summed E-state index contributed by atoms with van der Waals surface area (Å²) >= 11 is 6.12. The van der Waals surface area contributed by atoms with Crippen molar-refractivity contribution in [3.05, 3.63) is 28.8 Å². The molecule has 0 aliphatic heterocycles. The Morgan fingerprint density at radius 3 is 2.38 bits per heavy atom. The van der Waals surface area contributed by atoms with Crippen LogP contribution in [-0.4, -0.2) is 28.1 Å². The predicted octanol–water partition coefficient (Wildman–Crippen LogP) is 4.50. The Morgan fingerprint density at radius 1 is 1.14 bits per heavy atom. The summed E-state index contributed by atoms with van der Waals surface area (Å²) in [7, 11) is -1.66. The molecule has 1 aromatic carbocycles. The van der Waals surface area contributed by atoms with E-state index in [-0.39, 0.29) is 5.04 Å². The molecule has 0 atom stereocenters. The predicted molar refractivity (Wildman–Crippen MR) is 93.5 cm³/mol. The fraction of sp³-hybridized carbons (Fsp3) is 0.625. The normalized spacial score (nSPS) is 12.7. The van der Waals surface area contributed by atoms with Crippen molar-refractivity contribution >= 4 is 25.6 Å². The first-order chi connectivity index (χ1) is 9.63. The second-order valence-electron chi connectivity index (χ2n) is 6.82. The van der Waals surface area contributed by atoms with Crippen molar-refractivity contribution in [2.24, 2.45) is 0 Å². The quantitative estimate of drug-likeness (QED) is 0.455. The van der Waals surface area contributed by atoms with E-state index in [9.17, 15) is 0 Å². The van der Waals surface area contributed by atoms with E-state index in [2.05, 4.69) is 33.9 Å². The minimum absolute atomic E-state index is 0.241. The molecule has 0 aliphatic carbocycles. The first-order valence-electron chi connectivity index (χ1n) is 7.39. The molecule has 0 saturated heterocycles. The average Bonchev–Trinajstić information content (AvgIpc) is 2.34. The van der Waals surface area contributed by atoms with Gasteiger partial charge >= 0.3 is 0 Å². The Morgan fingerprint density at radius 2 is 1.81 bits per heavy atom. The Balaban J connectivity index is 2.24. The van der Waals surface area contributed by atoms with Gasteiger partial charge in [0.25, 0.3) is 0 Å². The van der Waals surface area contributed by atoms with Gasteiger partial charge in [0.05, 0.1) is 19.8 Å². The number of anilines is 1. The van der Waals surface area contributed by atoms with Gasteiger partial charge < -0.3 is 14.9 Å². The van der Waals surface area contributed by atoms with Crippen molar-refractivity contribution in [2.45, 2.75) is 45.3 Å². The lowest BCUT2D eigenvalue weighted by Gasteiger charge is -2.36. The number of rotatable bonds is 7. The van der Waals surface area contributed by atoms with Gasteiger partial charge in [-0.1, -0.05) is 38.4 Å². The molecule has 21 heavy (non-hydrogen) atoms. The van der Waals surface area contributed by atoms with Crippen molar-refractivity contribution in [3.63, 3.8) is 0 Å². The molecule has 5 heteroatoms. The van der Waals surface area contributed by atoms with Crippen LogP contribution in [0.25, 0.3) is 0 Å². The fourth-order valence-electron chi connectivity index (χ4n) is 1.62. The molecule has 0 aromatic heterocycles. The van der Waals surface area contributed by atoms with Gasteiger partial charge in [0, 0.05) is 10.7 Å². The van der Waals surface area contributed by atoms with E-state index in [0.29, 0.717) is 30.5 Å². The maximum absolute atomic E-state index is 6.12. The molecule has 0 radical (unpaired) electrons. The molecule has 0 fully saturated rings. The Bertz CT molecular complexity index is 458. The van der Waals surface area contributed by atoms with Gasteiger partial charge in [0.1, 0.15) is 0 Å². The summed E-state index contributed by atoms with van der Waals surface area (Å²) < 4.78 is 11.7. The largest absolute Gasteiger partial charge is 0.414 e. The molecule has 1 rings (SSSR count). The number of halogens is 1. The Kier molecular flexibility index (Phi) is 6.72. The van der Waals surface area contributed by atoms with Crippen LogP contribution >= 0.6 is 11.6 Å². The number of ether oxygens (including phenoxy) is 1. The first-order valence-corrected chi connectivity index (χ1v) is 10.7. The standard InChI is InChI=1S/C16H28ClNO2Si/c1-16(2,3)21(4,5)20-11-10-19-9-8-13-6-7-14(18)12-15(13)17/h6-7,12H,8-11,18H2,1-5H3. The molecule has 0 unspecified atom stereocenters. The highest BCUT2D eigenvalue weighted by molar-refractivity contribution is 6.74. The number of nitrogen functional groups attached to an aromatic ring is 1. The molecule has 0 aliphatic rings. The van der Waals surface area contributed by atoms with Crippen LogP contribution in [0.2, 0.25) is 23.2 Å². The molecular formula is C16H28ClNO2Si. The lowest BCUT2D eigenvalue weighted by Crippen LogP contribution is -2.41. The van der Waals surface area contributed by atoms with Crippen LogP contribution in [-0.2, 0) is 15.6 Å². The van der Waals surface area contributed by atoms with Gasteiger partial charge in [-0.05, 0) is 42.2 Å². The smallest absolute Gasteiger partial charge is 0.192 e. The first kappa shape index (κ1) is 18.5. The van der Waals surface area contributed by atoms with Gasteiger partial charge in [-0.25, -0.2) is 0 Å². The molecule has 1 aromatic rings. The van der Waals surface area contributed by atoms with Crippen molar-refractivity contribution in [1.29, 1.82) is 0 Å². The third-order valence-electron chi connectivity index (χ3n) is 4.09. The topological polar surface area (TPSA) is 44.5 Å². The molecule has 0 saturated carbocycles. The third-order valence-corrected chi connectivity index (χ3v) is 8.98. The van der Waals surface area contributed by atoms with E-state index < -0.39 is 8.32 Å². The monoisotopic (exact) mass is 329 g/mol. The third kappa shape index (κ3) is 5.99. The summed E-state index contributed by atoms with van der Waals surface area (Å²) in [6.07, 6.45) is 0.791. The van der Waals surface area contributed by atoms with Crippen LogP contribution in [0.5, 0.6) is 0 Å². The minimum Gasteiger partial charge on any atom is -0.414 e. The SMILES string of the molecule is CC(C)(C)[Si](C)(C)OCCOCCc1ccc(N)cc1Cl. The fourth-order valence-corrected chi connectivity index (χ4v) is 2.93. The van der Waals surface area contributed by atoms with Gasteiger partial charge in [-0.3, -0.25) is 0 Å². The number of benzene rings is 1. The summed E-state index contributed by atoms with van der Waals surface area (Å²) in [5.41, 5.74) is 7.42. The van der Waals surface area contributed by atoms with E-state index in [1.165, 1.54) is 0 Å². The van der Waals surface area contributed by atoms with E-state index >= 15 is 0 Å². The number of hydrogen-bond acceptors (Lipinski definition) is 3. The van der Waals surface area contributed by atoms with Crippen molar-refractivity contribution in [1.82, 2.24) is 0 Å². The highest BCUT2D eigenvalue weighted by atomic mass is 35.5. The Hall–Kier alpha value is -0.553. The van der Waals surface area contributed by atoms with Crippen LogP contribution in [0.15, 0.2) is 18.2 Å². The van der Waals surface area contributed by atoms with Crippen LogP contribution in [0.4, 0.5) is 5.69 Å². The summed E-state index contributed by atoms with van der Waals surface area (Å²) in [4.78, 5) is 0. The van der Waals surface area contributed by atoms with Gasteiger partial charge in [-0.15, -0.1) is 0 Å². The number of hydrogen-bond donors (Lipinski definition) is 1. The van der Waals surface area contributed by atoms with Gasteiger partial charge in [0.15, 0.2) is 8.32 Å². The molecule has 2 N–H and O–H groups in total. The van der Waals surface area contributed by atoms with Crippen LogP contribution in [0.1, 0.15) is 26.3 Å². The molecular weight excluding hydrogens is 302 g/mol. The van der Waals surface area contributed by atoms with E-state index in [1.807, 2.05) is 12.1 Å². The molecule has 0 heterocycles. The summed E-state index contributed by atoms with van der Waals surface area (Å²) in [6.45, 7) is 13.1. The molecule has 0 amide bonds. The van der Waals surface area contributed by atoms with E-state index in [4.69, 9.17) is 26.5 Å². The summed E-state index contributed by atoms with van der Waals surface area (Å²) in [6, 6.07) is 5.59. The summed E-state index contributed by atoms with van der Waals surface area (Å²) in [5.74, 6) is 0. The highest BCUT2D eigenvalue weighted by Crippen LogP contribution is 2.36. The van der Waals surface area contributed by atoms with Crippen LogP contribution in [0, 0.1) is 0 Å². The maximum Gasteiger partial charge on any atom is 0.192 e. The molecule has 0 spiro atoms. The molecule has 3 nitrogen and oxygen atoms in total. The van der Waals surface area contributed by atoms with Crippen molar-refractivity contribution < 1.29 is 9.16 Å². The maximum atomic E-state index is 6.12. The highest BCUT2D eigenvalue weighted by Gasteiger charge is 2.36. The average molecular weight is 330 g/mol.